The maximum absolute atomic E-state index is 14.1. The number of carbonyl (C=O) groups excluding carboxylic acids is 1. The molecule has 2 N–H and O–H groups in total. The van der Waals surface area contributed by atoms with Gasteiger partial charge in [-0.25, -0.2) is 9.59 Å². The summed E-state index contributed by atoms with van der Waals surface area (Å²) in [5, 5.41) is 26.1. The van der Waals surface area contributed by atoms with Gasteiger partial charge in [0.05, 0.1) is 19.3 Å². The quantitative estimate of drug-likeness (QED) is 0.0654. The summed E-state index contributed by atoms with van der Waals surface area (Å²) >= 11 is 13.1. The summed E-state index contributed by atoms with van der Waals surface area (Å²) in [5.74, 6) is -1.64. The summed E-state index contributed by atoms with van der Waals surface area (Å²) in [5.41, 5.74) is 1.97. The number of halogens is 4. The zero-order valence-electron chi connectivity index (χ0n) is 30.5. The van der Waals surface area contributed by atoms with Crippen molar-refractivity contribution < 1.29 is 47.2 Å². The summed E-state index contributed by atoms with van der Waals surface area (Å²) in [4.78, 5) is 29.3. The third-order valence-electron chi connectivity index (χ3n) is 10.7. The van der Waals surface area contributed by atoms with Gasteiger partial charge in [0.25, 0.3) is 0 Å². The second-order valence-corrected chi connectivity index (χ2v) is 15.3. The maximum atomic E-state index is 14.1. The smallest absolute Gasteiger partial charge is 0.387 e. The predicted octanol–water partition coefficient (Wildman–Crippen LogP) is 7.89. The zero-order valence-corrected chi connectivity index (χ0v) is 32.0. The van der Waals surface area contributed by atoms with Gasteiger partial charge < -0.3 is 34.6 Å². The third kappa shape index (κ3) is 9.22. The first kappa shape index (κ1) is 39.4. The number of aromatic carboxylic acids is 1. The Kier molecular flexibility index (Phi) is 12.0. The highest BCUT2D eigenvalue weighted by Crippen LogP contribution is 2.42. The number of benzene rings is 3. The molecular formula is C41H41Cl2F2N3O8. The second-order valence-electron chi connectivity index (χ2n) is 14.5. The van der Waals surface area contributed by atoms with Gasteiger partial charge in [-0.1, -0.05) is 41.4 Å². The lowest BCUT2D eigenvalue weighted by atomic mass is 9.83. The van der Waals surface area contributed by atoms with Gasteiger partial charge in [0, 0.05) is 23.7 Å². The van der Waals surface area contributed by atoms with Crippen LogP contribution in [0.3, 0.4) is 0 Å². The number of esters is 1. The number of piperidine rings is 3. The Morgan fingerprint density at radius 3 is 2.38 bits per heavy atom. The number of fused-ring (bicyclic) bond motifs is 3. The van der Waals surface area contributed by atoms with Crippen LogP contribution in [-0.4, -0.2) is 68.0 Å². The van der Waals surface area contributed by atoms with Gasteiger partial charge in [-0.2, -0.15) is 13.5 Å². The van der Waals surface area contributed by atoms with Crippen LogP contribution in [0.15, 0.2) is 73.1 Å². The average molecular weight is 813 g/mol. The molecule has 296 valence electrons. The highest BCUT2D eigenvalue weighted by molar-refractivity contribution is 6.35. The van der Waals surface area contributed by atoms with Crippen LogP contribution in [0.5, 0.6) is 17.2 Å². The lowest BCUT2D eigenvalue weighted by Gasteiger charge is -2.44. The zero-order chi connectivity index (χ0) is 39.5. The topological polar surface area (TPSA) is 134 Å². The van der Waals surface area contributed by atoms with Gasteiger partial charge in [-0.05, 0) is 116 Å². The van der Waals surface area contributed by atoms with Crippen LogP contribution >= 0.6 is 23.2 Å². The van der Waals surface area contributed by atoms with Crippen LogP contribution in [0.25, 0.3) is 0 Å². The molecule has 1 aliphatic carbocycles. The fraction of sp³-hybridized carbons (Fsp3) is 0.390. The van der Waals surface area contributed by atoms with E-state index >= 15 is 0 Å². The molecule has 3 atom stereocenters. The fourth-order valence-electron chi connectivity index (χ4n) is 7.54. The van der Waals surface area contributed by atoms with E-state index in [4.69, 9.17) is 42.1 Å². The van der Waals surface area contributed by atoms with E-state index in [-0.39, 0.29) is 63.6 Å². The van der Waals surface area contributed by atoms with E-state index < -0.39 is 30.5 Å². The Bertz CT molecular complexity index is 2060. The van der Waals surface area contributed by atoms with Crippen LogP contribution in [0.2, 0.25) is 10.0 Å². The molecule has 4 heterocycles. The number of pyridine rings is 1. The van der Waals surface area contributed by atoms with Crippen molar-refractivity contribution in [1.29, 1.82) is 0 Å². The normalized spacial score (nSPS) is 19.9. The van der Waals surface area contributed by atoms with Gasteiger partial charge in [0.2, 0.25) is 0 Å². The molecular weight excluding hydrogens is 771 g/mol. The maximum Gasteiger partial charge on any atom is 0.387 e. The molecule has 56 heavy (non-hydrogen) atoms. The van der Waals surface area contributed by atoms with Gasteiger partial charge in [0.1, 0.15) is 21.9 Å². The van der Waals surface area contributed by atoms with E-state index in [9.17, 15) is 28.7 Å². The number of hydrogen-bond acceptors (Lipinski definition) is 9. The lowest BCUT2D eigenvalue weighted by molar-refractivity contribution is -0.605. The molecule has 8 rings (SSSR count). The minimum atomic E-state index is -3.11. The van der Waals surface area contributed by atoms with Crippen molar-refractivity contribution in [2.75, 3.05) is 38.7 Å². The number of carbonyl (C=O) groups is 2. The van der Waals surface area contributed by atoms with Crippen LogP contribution in [-0.2, 0) is 16.0 Å². The molecule has 15 heteroatoms. The summed E-state index contributed by atoms with van der Waals surface area (Å²) < 4.78 is 49.9. The molecule has 3 aliphatic heterocycles. The number of anilines is 1. The van der Waals surface area contributed by atoms with E-state index in [0.29, 0.717) is 39.4 Å². The molecule has 1 saturated carbocycles. The van der Waals surface area contributed by atoms with Crippen molar-refractivity contribution in [3.63, 3.8) is 0 Å². The largest absolute Gasteiger partial charge is 0.619 e. The summed E-state index contributed by atoms with van der Waals surface area (Å²) in [7, 11) is 1.53. The molecule has 3 aromatic carbocycles. The first-order chi connectivity index (χ1) is 26.9. The predicted molar refractivity (Wildman–Crippen MR) is 204 cm³/mol. The van der Waals surface area contributed by atoms with Crippen molar-refractivity contribution in [2.24, 2.45) is 11.8 Å². The van der Waals surface area contributed by atoms with E-state index in [0.717, 1.165) is 51.2 Å². The molecule has 0 spiro atoms. The highest BCUT2D eigenvalue weighted by atomic mass is 35.5. The van der Waals surface area contributed by atoms with Crippen LogP contribution in [0.1, 0.15) is 70.3 Å². The first-order valence-electron chi connectivity index (χ1n) is 18.4. The number of alkyl halides is 2. The Balaban J connectivity index is 1.30. The van der Waals surface area contributed by atoms with Crippen molar-refractivity contribution in [1.82, 2.24) is 4.90 Å². The molecule has 1 aromatic heterocycles. The van der Waals surface area contributed by atoms with E-state index in [1.54, 1.807) is 48.5 Å². The number of nitrogens with zero attached hydrogens (tertiary/aromatic N) is 2. The van der Waals surface area contributed by atoms with Crippen LogP contribution < -0.4 is 24.3 Å². The van der Waals surface area contributed by atoms with E-state index in [1.165, 1.54) is 19.2 Å². The standard InChI is InChI=1S/C41H41Cl2F2N3O8/c1-53-28-4-2-3-26(15-28)38(40(51)55-37-21-47-13-11-24(37)12-14-47)46-27-8-9-29(39(49)50)31(17-27)30(18-32-33(42)19-48(52)20-34(32)43)25-7-10-35(56-41(44)45)36(16-25)54-22-23-5-6-23/h2-4,7-10,15-17,19-20,23-24,30,37-38,41,46H,5-6,11-14,18,21-22H2,1H3,(H,49,50)/t30-,37-,38?/m0/s1. The Hall–Kier alpha value is -4.85. The Morgan fingerprint density at radius 2 is 1.73 bits per heavy atom. The molecule has 3 saturated heterocycles. The number of carboxylic acid groups (broad SMARTS) is 1. The van der Waals surface area contributed by atoms with Crippen molar-refractivity contribution in [2.45, 2.75) is 56.8 Å². The second kappa shape index (κ2) is 17.1. The molecule has 1 unspecified atom stereocenters. The fourth-order valence-corrected chi connectivity index (χ4v) is 8.14. The Labute approximate surface area is 332 Å². The van der Waals surface area contributed by atoms with Crippen LogP contribution in [0, 0.1) is 17.0 Å². The minimum Gasteiger partial charge on any atom is -0.619 e. The Morgan fingerprint density at radius 1 is 0.982 bits per heavy atom. The summed E-state index contributed by atoms with van der Waals surface area (Å²) in [6, 6.07) is 15.1. The minimum absolute atomic E-state index is 0.0136. The number of ether oxygens (including phenoxy) is 4. The first-order valence-corrected chi connectivity index (χ1v) is 19.2. The van der Waals surface area contributed by atoms with Gasteiger partial charge in [0.15, 0.2) is 29.9 Å². The number of carboxylic acids is 1. The van der Waals surface area contributed by atoms with Crippen molar-refractivity contribution in [3.8, 4) is 17.2 Å². The summed E-state index contributed by atoms with van der Waals surface area (Å²) in [6.45, 7) is -0.220. The van der Waals surface area contributed by atoms with Crippen molar-refractivity contribution in [3.05, 3.63) is 116 Å². The molecule has 0 radical (unpaired) electrons. The molecule has 4 aromatic rings. The monoisotopic (exact) mass is 811 g/mol. The number of aromatic nitrogens is 1. The van der Waals surface area contributed by atoms with E-state index in [2.05, 4.69) is 10.2 Å². The number of rotatable bonds is 16. The SMILES string of the molecule is COc1cccc(C(Nc2ccc(C(=O)O)c([C@@H](Cc3c(Cl)c[n+]([O-])cc3Cl)c3ccc(OC(F)F)c(OCC4CC4)c3)c2)C(=O)O[C@H]2CN3CCC2CC3)c1. The molecule has 4 aliphatic rings. The number of nitrogens with one attached hydrogen (secondary N) is 1. The highest BCUT2D eigenvalue weighted by Gasteiger charge is 2.38. The average Bonchev–Trinajstić information content (AvgIpc) is 4.01. The summed E-state index contributed by atoms with van der Waals surface area (Å²) in [6.07, 6.45) is 5.79. The number of methoxy groups -OCH3 is 1. The molecule has 4 fully saturated rings. The van der Waals surface area contributed by atoms with E-state index in [1.807, 2.05) is 0 Å². The van der Waals surface area contributed by atoms with Gasteiger partial charge in [-0.3, -0.25) is 4.90 Å². The molecule has 11 nitrogen and oxygen atoms in total. The molecule has 2 bridgehead atoms. The third-order valence-corrected chi connectivity index (χ3v) is 11.4. The number of hydrogen-bond donors (Lipinski definition) is 2. The molecule has 0 amide bonds. The van der Waals surface area contributed by atoms with Crippen LogP contribution in [0.4, 0.5) is 14.5 Å². The van der Waals surface area contributed by atoms with Crippen molar-refractivity contribution >= 4 is 40.8 Å². The van der Waals surface area contributed by atoms with Gasteiger partial charge >= 0.3 is 18.6 Å². The van der Waals surface area contributed by atoms with Gasteiger partial charge in [-0.15, -0.1) is 0 Å². The lowest BCUT2D eigenvalue weighted by Crippen LogP contribution is -2.52.